The molecule has 1 atom stereocenters. The molecule has 0 bridgehead atoms. The first-order chi connectivity index (χ1) is 7.97. The van der Waals surface area contributed by atoms with E-state index in [0.29, 0.717) is 5.69 Å². The Kier molecular flexibility index (Phi) is 2.83. The number of hydrogen-bond donors (Lipinski definition) is 1. The van der Waals surface area contributed by atoms with Gasteiger partial charge < -0.3 is 0 Å². The molecule has 1 aromatic rings. The van der Waals surface area contributed by atoms with Crippen LogP contribution >= 0.6 is 0 Å². The third-order valence-corrected chi connectivity index (χ3v) is 2.72. The number of urea groups is 1. The zero-order valence-electron chi connectivity index (χ0n) is 9.66. The van der Waals surface area contributed by atoms with Crippen molar-refractivity contribution in [1.82, 2.24) is 5.32 Å². The van der Waals surface area contributed by atoms with E-state index >= 15 is 0 Å². The first kappa shape index (κ1) is 11.6. The van der Waals surface area contributed by atoms with E-state index in [1.807, 2.05) is 0 Å². The third kappa shape index (κ3) is 2.27. The summed E-state index contributed by atoms with van der Waals surface area (Å²) in [5, 5.41) is 2.24. The van der Waals surface area contributed by atoms with Crippen molar-refractivity contribution in [2.45, 2.75) is 13.8 Å². The summed E-state index contributed by atoms with van der Waals surface area (Å²) in [7, 11) is 0. The van der Waals surface area contributed by atoms with Gasteiger partial charge in [-0.1, -0.05) is 6.92 Å². The predicted molar refractivity (Wildman–Crippen MR) is 61.2 cm³/mol. The molecule has 90 valence electrons. The quantitative estimate of drug-likeness (QED) is 0.808. The second-order valence-corrected chi connectivity index (χ2v) is 4.29. The molecule has 0 spiro atoms. The van der Waals surface area contributed by atoms with Gasteiger partial charge in [-0.3, -0.25) is 15.0 Å². The van der Waals surface area contributed by atoms with Gasteiger partial charge in [0.2, 0.25) is 5.91 Å². The number of anilines is 1. The number of imide groups is 1. The van der Waals surface area contributed by atoms with Crippen LogP contribution in [0.3, 0.4) is 0 Å². The minimum absolute atomic E-state index is 0.271. The minimum atomic E-state index is -0.502. The summed E-state index contributed by atoms with van der Waals surface area (Å²) >= 11 is 0. The maximum Gasteiger partial charge on any atom is 0.328 e. The zero-order chi connectivity index (χ0) is 12.6. The van der Waals surface area contributed by atoms with Crippen molar-refractivity contribution in [2.75, 3.05) is 11.4 Å². The standard InChI is InChI=1S/C12H13FN2O2/c1-7-3-9(13)5-10(4-7)15-6-8(2)11(16)14-12(15)17/h3-5,8H,6H2,1-2H3,(H,14,16,17). The summed E-state index contributed by atoms with van der Waals surface area (Å²) in [4.78, 5) is 24.3. The van der Waals surface area contributed by atoms with Crippen molar-refractivity contribution in [1.29, 1.82) is 0 Å². The van der Waals surface area contributed by atoms with Crippen LogP contribution in [0.2, 0.25) is 0 Å². The van der Waals surface area contributed by atoms with Gasteiger partial charge in [-0.15, -0.1) is 0 Å². The fraction of sp³-hybridized carbons (Fsp3) is 0.333. The van der Waals surface area contributed by atoms with Crippen LogP contribution < -0.4 is 10.2 Å². The normalized spacial score (nSPS) is 20.4. The van der Waals surface area contributed by atoms with Gasteiger partial charge in [0.25, 0.3) is 0 Å². The second kappa shape index (κ2) is 4.16. The molecule has 1 heterocycles. The second-order valence-electron chi connectivity index (χ2n) is 4.29. The topological polar surface area (TPSA) is 49.4 Å². The summed E-state index contributed by atoms with van der Waals surface area (Å²) in [6.45, 7) is 3.75. The van der Waals surface area contributed by atoms with Crippen LogP contribution in [0.5, 0.6) is 0 Å². The molecule has 0 radical (unpaired) electrons. The molecular weight excluding hydrogens is 223 g/mol. The van der Waals surface area contributed by atoms with Gasteiger partial charge in [0, 0.05) is 12.2 Å². The van der Waals surface area contributed by atoms with Crippen LogP contribution in [0.15, 0.2) is 18.2 Å². The molecule has 1 aliphatic heterocycles. The van der Waals surface area contributed by atoms with Crippen LogP contribution in [0.25, 0.3) is 0 Å². The van der Waals surface area contributed by atoms with E-state index in [9.17, 15) is 14.0 Å². The van der Waals surface area contributed by atoms with Gasteiger partial charge in [0.05, 0.1) is 5.92 Å². The first-order valence-electron chi connectivity index (χ1n) is 5.37. The Bertz CT molecular complexity index is 467. The highest BCUT2D eigenvalue weighted by Gasteiger charge is 2.30. The van der Waals surface area contributed by atoms with Crippen molar-refractivity contribution in [3.05, 3.63) is 29.6 Å². The van der Waals surface area contributed by atoms with E-state index < -0.39 is 11.8 Å². The molecule has 1 fully saturated rings. The molecule has 1 saturated heterocycles. The number of nitrogens with one attached hydrogen (secondary N) is 1. The average molecular weight is 236 g/mol. The number of halogens is 1. The average Bonchev–Trinajstić information content (AvgIpc) is 2.22. The van der Waals surface area contributed by atoms with E-state index in [4.69, 9.17) is 0 Å². The van der Waals surface area contributed by atoms with E-state index in [1.54, 1.807) is 19.9 Å². The predicted octanol–water partition coefficient (Wildman–Crippen LogP) is 1.83. The number of hydrogen-bond acceptors (Lipinski definition) is 2. The van der Waals surface area contributed by atoms with E-state index in [-0.39, 0.29) is 18.4 Å². The van der Waals surface area contributed by atoms with Gasteiger partial charge in [0.15, 0.2) is 0 Å². The molecule has 2 rings (SSSR count). The third-order valence-electron chi connectivity index (χ3n) is 2.72. The van der Waals surface area contributed by atoms with Crippen LogP contribution in [-0.2, 0) is 4.79 Å². The number of benzene rings is 1. The Balaban J connectivity index is 2.33. The molecular formula is C12H13FN2O2. The molecule has 4 nitrogen and oxygen atoms in total. The lowest BCUT2D eigenvalue weighted by molar-refractivity contribution is -0.123. The van der Waals surface area contributed by atoms with Gasteiger partial charge >= 0.3 is 6.03 Å². The van der Waals surface area contributed by atoms with Crippen molar-refractivity contribution in [2.24, 2.45) is 5.92 Å². The van der Waals surface area contributed by atoms with Crippen LogP contribution in [0, 0.1) is 18.7 Å². The smallest absolute Gasteiger partial charge is 0.293 e. The van der Waals surface area contributed by atoms with Gasteiger partial charge in [0.1, 0.15) is 5.82 Å². The summed E-state index contributed by atoms with van der Waals surface area (Å²) in [6, 6.07) is 3.89. The number of rotatable bonds is 1. The summed E-state index contributed by atoms with van der Waals surface area (Å²) in [5.41, 5.74) is 1.21. The summed E-state index contributed by atoms with van der Waals surface area (Å²) < 4.78 is 13.3. The number of carbonyl (C=O) groups excluding carboxylic acids is 2. The molecule has 17 heavy (non-hydrogen) atoms. The van der Waals surface area contributed by atoms with E-state index in [1.165, 1.54) is 17.0 Å². The molecule has 0 saturated carbocycles. The summed E-state index contributed by atoms with van der Waals surface area (Å²) in [5.74, 6) is -0.979. The fourth-order valence-corrected chi connectivity index (χ4v) is 1.83. The maximum absolute atomic E-state index is 13.3. The lowest BCUT2D eigenvalue weighted by Gasteiger charge is -2.30. The highest BCUT2D eigenvalue weighted by Crippen LogP contribution is 2.21. The van der Waals surface area contributed by atoms with E-state index in [2.05, 4.69) is 5.32 Å². The number of carbonyl (C=O) groups is 2. The molecule has 1 unspecified atom stereocenters. The fourth-order valence-electron chi connectivity index (χ4n) is 1.83. The summed E-state index contributed by atoms with van der Waals surface area (Å²) in [6.07, 6.45) is 0. The van der Waals surface area contributed by atoms with Crippen LogP contribution in [0.4, 0.5) is 14.9 Å². The Hall–Kier alpha value is -1.91. The monoisotopic (exact) mass is 236 g/mol. The van der Waals surface area contributed by atoms with Gasteiger partial charge in [-0.05, 0) is 30.7 Å². The zero-order valence-corrected chi connectivity index (χ0v) is 9.66. The molecule has 1 N–H and O–H groups in total. The van der Waals surface area contributed by atoms with Crippen molar-refractivity contribution >= 4 is 17.6 Å². The highest BCUT2D eigenvalue weighted by molar-refractivity contribution is 6.06. The van der Waals surface area contributed by atoms with Gasteiger partial charge in [-0.25, -0.2) is 9.18 Å². The van der Waals surface area contributed by atoms with E-state index in [0.717, 1.165) is 5.56 Å². The van der Waals surface area contributed by atoms with Crippen LogP contribution in [-0.4, -0.2) is 18.5 Å². The first-order valence-corrected chi connectivity index (χ1v) is 5.37. The Morgan fingerprint density at radius 3 is 2.71 bits per heavy atom. The molecule has 0 aliphatic carbocycles. The van der Waals surface area contributed by atoms with Crippen molar-refractivity contribution < 1.29 is 14.0 Å². The molecule has 1 aliphatic rings. The Labute approximate surface area is 98.4 Å². The molecule has 1 aromatic carbocycles. The van der Waals surface area contributed by atoms with Crippen molar-refractivity contribution in [3.63, 3.8) is 0 Å². The van der Waals surface area contributed by atoms with Crippen LogP contribution in [0.1, 0.15) is 12.5 Å². The number of nitrogens with zero attached hydrogens (tertiary/aromatic N) is 1. The highest BCUT2D eigenvalue weighted by atomic mass is 19.1. The Morgan fingerprint density at radius 1 is 1.35 bits per heavy atom. The van der Waals surface area contributed by atoms with Crippen molar-refractivity contribution in [3.8, 4) is 0 Å². The SMILES string of the molecule is Cc1cc(F)cc(N2CC(C)C(=O)NC2=O)c1. The number of aryl methyl sites for hydroxylation is 1. The molecule has 5 heteroatoms. The lowest BCUT2D eigenvalue weighted by atomic mass is 10.1. The Morgan fingerprint density at radius 2 is 2.06 bits per heavy atom. The maximum atomic E-state index is 13.3. The minimum Gasteiger partial charge on any atom is -0.293 e. The molecule has 3 amide bonds. The number of amides is 3. The lowest BCUT2D eigenvalue weighted by Crippen LogP contribution is -2.53. The largest absolute Gasteiger partial charge is 0.328 e. The molecule has 0 aromatic heterocycles. The van der Waals surface area contributed by atoms with Gasteiger partial charge in [-0.2, -0.15) is 0 Å².